The van der Waals surface area contributed by atoms with Crippen molar-refractivity contribution in [2.45, 2.75) is 88.0 Å². The number of pyridine rings is 1. The summed E-state index contributed by atoms with van der Waals surface area (Å²) < 4.78 is 5.25. The van der Waals surface area contributed by atoms with E-state index in [1.807, 2.05) is 60.8 Å². The molecule has 6 N–H and O–H groups in total. The summed E-state index contributed by atoms with van der Waals surface area (Å²) in [6.07, 6.45) is 15.6. The fraction of sp³-hybridized carbons (Fsp3) is 0.341. The predicted molar refractivity (Wildman–Crippen MR) is 449 cm³/mol. The molecule has 1 aromatic heterocycles. The number of hydrogen-bond donors (Lipinski definition) is 6. The number of benzene rings is 8. The number of amides is 6. The van der Waals surface area contributed by atoms with E-state index in [1.165, 1.54) is 42.4 Å². The summed E-state index contributed by atoms with van der Waals surface area (Å²) in [7, 11) is 3.90. The third kappa shape index (κ3) is 24.4. The van der Waals surface area contributed by atoms with Gasteiger partial charge in [-0.2, -0.15) is 10.5 Å². The molecule has 110 heavy (non-hydrogen) atoms. The molecule has 4 heterocycles. The van der Waals surface area contributed by atoms with Gasteiger partial charge in [0.2, 0.25) is 0 Å². The van der Waals surface area contributed by atoms with Crippen LogP contribution in [0.1, 0.15) is 110 Å². The van der Waals surface area contributed by atoms with Gasteiger partial charge in [-0.1, -0.05) is 186 Å². The maximum Gasteiger partial charge on any atom is 0.319 e. The van der Waals surface area contributed by atoms with Gasteiger partial charge in [-0.15, -0.1) is 0 Å². The second-order valence-electron chi connectivity index (χ2n) is 28.9. The van der Waals surface area contributed by atoms with Crippen LogP contribution in [-0.2, 0) is 4.74 Å². The van der Waals surface area contributed by atoms with E-state index >= 15 is 0 Å². The number of nitrogens with one attached hydrogen (secondary N) is 6. The number of likely N-dealkylation sites (tertiary alicyclic amines) is 3. The fourth-order valence-electron chi connectivity index (χ4n) is 15.7. The summed E-state index contributed by atoms with van der Waals surface area (Å²) in [5, 5.41) is 39.1. The number of aromatic nitrogens is 1. The van der Waals surface area contributed by atoms with Crippen LogP contribution in [0.3, 0.4) is 0 Å². The van der Waals surface area contributed by atoms with Crippen molar-refractivity contribution < 1.29 is 19.1 Å². The van der Waals surface area contributed by atoms with Crippen LogP contribution in [0.2, 0.25) is 30.1 Å². The van der Waals surface area contributed by atoms with E-state index in [2.05, 4.69) is 150 Å². The summed E-state index contributed by atoms with van der Waals surface area (Å²) in [6, 6.07) is 64.4. The standard InChI is InChI=1S/C32H34Cl2N4O.C30H32Cl2N4O2.C26H28Cl2N4O/c33-27-17-28(34)19-29(18-27)37-32(39)36-21-31(25-12-14-38(15-13-25)30-6-1-2-7-30)24-10-8-23(9-11-24)26-5-3-4-22(16-26)20-35;1-38-16-15-36-13-11-24(12-14-36)27(20-34-30(37)35-26-9-10-28(31)29(32)18-26)23-7-5-22(6-8-23)25-4-2-3-21(17-25)19-33;1-32-11-8-20(9-12-32)25(17-30-26(33)31-24-14-22(27)13-23(28)15-24)19-6-4-18(5-7-19)21-3-2-10-29-16-21/h3-5,8-11,16-19,25,30-31H,1-2,6-7,12-15,21H2,(H2,36,37,39);2-10,17-18,24,27H,11-16,20H2,1H3,(H2,34,35,37);2-7,10,13-16,20,25H,8-9,11-12,17H2,1H3,(H2,30,31,33). The molecule has 16 nitrogen and oxygen atoms in total. The summed E-state index contributed by atoms with van der Waals surface area (Å²) in [5.41, 5.74) is 13.1. The van der Waals surface area contributed by atoms with Crippen LogP contribution in [0.4, 0.5) is 31.4 Å². The van der Waals surface area contributed by atoms with E-state index in [-0.39, 0.29) is 35.8 Å². The minimum Gasteiger partial charge on any atom is -0.383 e. The molecule has 4 aliphatic rings. The summed E-state index contributed by atoms with van der Waals surface area (Å²) in [6.45, 7) is 9.70. The minimum absolute atomic E-state index is 0.165. The molecule has 0 bridgehead atoms. The molecule has 6 amide bonds. The zero-order chi connectivity index (χ0) is 77.3. The second-order valence-corrected chi connectivity index (χ2v) is 31.4. The number of rotatable bonds is 22. The highest BCUT2D eigenvalue weighted by molar-refractivity contribution is 6.42. The van der Waals surface area contributed by atoms with E-state index in [1.54, 1.807) is 67.9 Å². The van der Waals surface area contributed by atoms with Crippen LogP contribution in [0.25, 0.3) is 33.4 Å². The predicted octanol–water partition coefficient (Wildman–Crippen LogP) is 21.2. The molecule has 3 unspecified atom stereocenters. The smallest absolute Gasteiger partial charge is 0.319 e. The Hall–Kier alpha value is -8.72. The first kappa shape index (κ1) is 82.2. The van der Waals surface area contributed by atoms with Gasteiger partial charge in [-0.3, -0.25) is 4.98 Å². The Balaban J connectivity index is 0.000000164. The molecule has 1 aliphatic carbocycles. The molecule has 1 saturated carbocycles. The zero-order valence-electron chi connectivity index (χ0n) is 62.0. The van der Waals surface area contributed by atoms with Crippen molar-refractivity contribution in [1.82, 2.24) is 35.6 Å². The van der Waals surface area contributed by atoms with Gasteiger partial charge >= 0.3 is 18.1 Å². The third-order valence-electron chi connectivity index (χ3n) is 21.7. The minimum atomic E-state index is -0.282. The van der Waals surface area contributed by atoms with E-state index < -0.39 is 0 Å². The van der Waals surface area contributed by atoms with Crippen molar-refractivity contribution in [2.75, 3.05) is 102 Å². The van der Waals surface area contributed by atoms with Crippen LogP contribution in [0, 0.1) is 40.4 Å². The Bertz CT molecular complexity index is 4530. The van der Waals surface area contributed by atoms with Crippen molar-refractivity contribution in [1.29, 1.82) is 10.5 Å². The number of methoxy groups -OCH3 is 1. The van der Waals surface area contributed by atoms with E-state index in [0.717, 1.165) is 130 Å². The molecule has 3 atom stereocenters. The molecule has 22 heteroatoms. The highest BCUT2D eigenvalue weighted by atomic mass is 35.5. The largest absolute Gasteiger partial charge is 0.383 e. The molecule has 9 aromatic rings. The maximum atomic E-state index is 12.8. The number of nitrogens with zero attached hydrogens (tertiary/aromatic N) is 6. The van der Waals surface area contributed by atoms with Gasteiger partial charge < -0.3 is 51.3 Å². The fourth-order valence-corrected chi connectivity index (χ4v) is 17.0. The van der Waals surface area contributed by atoms with Crippen molar-refractivity contribution >= 4 is 105 Å². The Kier molecular flexibility index (Phi) is 31.0. The lowest BCUT2D eigenvalue weighted by molar-refractivity contribution is 0.114. The van der Waals surface area contributed by atoms with Crippen molar-refractivity contribution in [2.24, 2.45) is 17.8 Å². The van der Waals surface area contributed by atoms with Crippen molar-refractivity contribution in [3.8, 4) is 45.5 Å². The van der Waals surface area contributed by atoms with Crippen LogP contribution in [0.5, 0.6) is 0 Å². The highest BCUT2D eigenvalue weighted by Gasteiger charge is 2.33. The number of nitriles is 2. The van der Waals surface area contributed by atoms with Gasteiger partial charge in [0.15, 0.2) is 0 Å². The van der Waals surface area contributed by atoms with Gasteiger partial charge in [0, 0.05) is 107 Å². The zero-order valence-corrected chi connectivity index (χ0v) is 66.6. The number of halogens is 6. The average molecular weight is 1600 g/mol. The van der Waals surface area contributed by atoms with Crippen molar-refractivity contribution in [3.63, 3.8) is 0 Å². The Morgan fingerprint density at radius 3 is 1.27 bits per heavy atom. The van der Waals surface area contributed by atoms with Gasteiger partial charge in [0.25, 0.3) is 0 Å². The third-order valence-corrected chi connectivity index (χ3v) is 23.3. The highest BCUT2D eigenvalue weighted by Crippen LogP contribution is 2.39. The molecule has 572 valence electrons. The molecule has 3 aliphatic heterocycles. The van der Waals surface area contributed by atoms with E-state index in [9.17, 15) is 24.9 Å². The first-order chi connectivity index (χ1) is 53.4. The summed E-state index contributed by atoms with van der Waals surface area (Å²) in [5.74, 6) is 2.02. The molecule has 3 saturated heterocycles. The molecular weight excluding hydrogens is 1500 g/mol. The Labute approximate surface area is 677 Å². The maximum absolute atomic E-state index is 12.8. The lowest BCUT2D eigenvalue weighted by atomic mass is 9.79. The lowest BCUT2D eigenvalue weighted by Crippen LogP contribution is -2.43. The van der Waals surface area contributed by atoms with Crippen LogP contribution >= 0.6 is 69.6 Å². The average Bonchev–Trinajstić information content (AvgIpc) is 1.34. The normalized spacial score (nSPS) is 16.1. The number of urea groups is 3. The molecule has 4 fully saturated rings. The van der Waals surface area contributed by atoms with Crippen molar-refractivity contribution in [3.05, 3.63) is 258 Å². The van der Waals surface area contributed by atoms with Crippen LogP contribution in [0.15, 0.2) is 200 Å². The monoisotopic (exact) mass is 1590 g/mol. The number of piperidine rings is 3. The second kappa shape index (κ2) is 41.5. The number of ether oxygens (including phenoxy) is 1. The molecule has 0 radical (unpaired) electrons. The summed E-state index contributed by atoms with van der Waals surface area (Å²) in [4.78, 5) is 49.9. The quantitative estimate of drug-likeness (QED) is 0.0379. The van der Waals surface area contributed by atoms with E-state index in [4.69, 9.17) is 74.3 Å². The van der Waals surface area contributed by atoms with Gasteiger partial charge in [-0.05, 0) is 250 Å². The van der Waals surface area contributed by atoms with Crippen LogP contribution in [-0.4, -0.2) is 130 Å². The molecular formula is C88H94Cl6N12O4. The van der Waals surface area contributed by atoms with Gasteiger partial charge in [0.1, 0.15) is 0 Å². The molecule has 8 aromatic carbocycles. The number of anilines is 3. The van der Waals surface area contributed by atoms with E-state index in [0.29, 0.717) is 95.7 Å². The number of hydrogen-bond acceptors (Lipinski definition) is 10. The van der Waals surface area contributed by atoms with Crippen LogP contribution < -0.4 is 31.9 Å². The van der Waals surface area contributed by atoms with Gasteiger partial charge in [0.05, 0.1) is 39.9 Å². The number of carbonyl (C=O) groups is 3. The Morgan fingerprint density at radius 1 is 0.455 bits per heavy atom. The SMILES string of the molecule is CN1CCC(C(CNC(=O)Nc2cc(Cl)cc(Cl)c2)c2ccc(-c3cccnc3)cc2)CC1.COCCN1CCC(C(CNC(=O)Nc2ccc(Cl)c(Cl)c2)c2ccc(-c3cccc(C#N)c3)cc2)CC1.N#Cc1cccc(-c2ccc(C(CNC(=O)Nc3cc(Cl)cc(Cl)c3)C3CCN(C4CCCC4)CC3)cc2)c1. The number of carbonyl (C=O) groups excluding carboxylic acids is 3. The topological polar surface area (TPSA) is 203 Å². The Morgan fingerprint density at radius 2 is 0.864 bits per heavy atom. The molecule has 0 spiro atoms. The molecule has 13 rings (SSSR count). The summed E-state index contributed by atoms with van der Waals surface area (Å²) >= 11 is 36.4. The first-order valence-electron chi connectivity index (χ1n) is 37.8. The van der Waals surface area contributed by atoms with Gasteiger partial charge in [-0.25, -0.2) is 14.4 Å². The lowest BCUT2D eigenvalue weighted by Gasteiger charge is -2.39. The first-order valence-corrected chi connectivity index (χ1v) is 40.1.